The summed E-state index contributed by atoms with van der Waals surface area (Å²) in [6.45, 7) is 2.70. The van der Waals surface area contributed by atoms with E-state index < -0.39 is 0 Å². The third kappa shape index (κ3) is 3.21. The summed E-state index contributed by atoms with van der Waals surface area (Å²) in [5.74, 6) is 0.338. The summed E-state index contributed by atoms with van der Waals surface area (Å²) < 4.78 is 1.67. The van der Waals surface area contributed by atoms with Crippen molar-refractivity contribution in [3.05, 3.63) is 41.7 Å². The number of hydrogen-bond donors (Lipinski definition) is 2. The minimum Gasteiger partial charge on any atom is -0.335 e. The molecule has 2 N–H and O–H groups in total. The number of hydrogen-bond acceptors (Lipinski definition) is 3. The maximum atomic E-state index is 12.0. The van der Waals surface area contributed by atoms with Crippen molar-refractivity contribution < 1.29 is 4.79 Å². The lowest BCUT2D eigenvalue weighted by Gasteiger charge is -2.25. The molecule has 0 saturated heterocycles. The van der Waals surface area contributed by atoms with Crippen LogP contribution < -0.4 is 10.6 Å². The normalized spacial score (nSPS) is 17.1. The van der Waals surface area contributed by atoms with E-state index in [1.165, 1.54) is 11.1 Å². The molecule has 1 unspecified atom stereocenters. The first-order chi connectivity index (χ1) is 10.2. The van der Waals surface area contributed by atoms with Crippen LogP contribution in [0.3, 0.4) is 0 Å². The number of nitrogens with one attached hydrogen (secondary N) is 2. The van der Waals surface area contributed by atoms with Crippen molar-refractivity contribution in [2.75, 3.05) is 5.32 Å². The summed E-state index contributed by atoms with van der Waals surface area (Å²) in [6, 6.07) is 8.32. The molecule has 6 nitrogen and oxygen atoms in total. The first-order valence-corrected chi connectivity index (χ1v) is 7.28. The van der Waals surface area contributed by atoms with Crippen molar-refractivity contribution >= 4 is 12.0 Å². The zero-order valence-corrected chi connectivity index (χ0v) is 12.0. The van der Waals surface area contributed by atoms with Gasteiger partial charge in [-0.25, -0.2) is 9.78 Å². The Morgan fingerprint density at radius 1 is 1.38 bits per heavy atom. The van der Waals surface area contributed by atoms with Gasteiger partial charge in [0.15, 0.2) is 0 Å². The fourth-order valence-corrected chi connectivity index (χ4v) is 2.65. The van der Waals surface area contributed by atoms with Gasteiger partial charge in [-0.2, -0.15) is 0 Å². The van der Waals surface area contributed by atoms with Crippen LogP contribution in [0.5, 0.6) is 0 Å². The number of carbonyl (C=O) groups is 1. The van der Waals surface area contributed by atoms with E-state index in [9.17, 15) is 4.79 Å². The summed E-state index contributed by atoms with van der Waals surface area (Å²) >= 11 is 0. The van der Waals surface area contributed by atoms with Crippen LogP contribution in [0.1, 0.15) is 24.5 Å². The number of carbonyl (C=O) groups excluding carboxylic acids is 1. The lowest BCUT2D eigenvalue weighted by molar-refractivity contribution is 0.247. The number of fused-ring (bicyclic) bond motifs is 1. The van der Waals surface area contributed by atoms with E-state index in [1.54, 1.807) is 11.0 Å². The lowest BCUT2D eigenvalue weighted by atomic mass is 9.88. The highest BCUT2D eigenvalue weighted by molar-refractivity contribution is 5.87. The second kappa shape index (κ2) is 5.95. The number of aryl methyl sites for hydroxylation is 2. The van der Waals surface area contributed by atoms with Crippen molar-refractivity contribution in [1.29, 1.82) is 0 Å². The molecule has 1 aromatic heterocycles. The standard InChI is InChI=1S/C15H19N5O/c1-2-20-10-16-14(19-20)18-15(21)17-13-8-7-11-5-3-4-6-12(11)9-13/h3-6,10,13H,2,7-9H2,1H3,(H2,17,18,19,21). The Morgan fingerprint density at radius 2 is 2.19 bits per heavy atom. The lowest BCUT2D eigenvalue weighted by Crippen LogP contribution is -2.41. The molecule has 0 radical (unpaired) electrons. The number of amides is 2. The van der Waals surface area contributed by atoms with Crippen LogP contribution in [0, 0.1) is 0 Å². The van der Waals surface area contributed by atoms with Crippen LogP contribution in [0.4, 0.5) is 10.7 Å². The minimum absolute atomic E-state index is 0.160. The van der Waals surface area contributed by atoms with E-state index in [1.807, 2.05) is 13.0 Å². The monoisotopic (exact) mass is 285 g/mol. The molecule has 1 atom stereocenters. The van der Waals surface area contributed by atoms with Gasteiger partial charge in [0.25, 0.3) is 0 Å². The van der Waals surface area contributed by atoms with Gasteiger partial charge < -0.3 is 5.32 Å². The molecule has 1 heterocycles. The molecule has 3 rings (SSSR count). The zero-order valence-electron chi connectivity index (χ0n) is 12.0. The van der Waals surface area contributed by atoms with Gasteiger partial charge in [0.05, 0.1) is 0 Å². The zero-order chi connectivity index (χ0) is 14.7. The van der Waals surface area contributed by atoms with Crippen LogP contribution in [-0.2, 0) is 19.4 Å². The molecular weight excluding hydrogens is 266 g/mol. The number of urea groups is 1. The van der Waals surface area contributed by atoms with Gasteiger partial charge in [-0.15, -0.1) is 5.10 Å². The predicted octanol–water partition coefficient (Wildman–Crippen LogP) is 1.98. The van der Waals surface area contributed by atoms with Crippen molar-refractivity contribution in [2.24, 2.45) is 0 Å². The molecule has 0 aliphatic heterocycles. The average Bonchev–Trinajstić information content (AvgIpc) is 2.94. The van der Waals surface area contributed by atoms with Crippen molar-refractivity contribution in [3.63, 3.8) is 0 Å². The number of rotatable bonds is 3. The van der Waals surface area contributed by atoms with Crippen molar-refractivity contribution in [1.82, 2.24) is 20.1 Å². The average molecular weight is 285 g/mol. The van der Waals surface area contributed by atoms with Crippen LogP contribution >= 0.6 is 0 Å². The number of aromatic nitrogens is 3. The Bertz CT molecular complexity index is 636. The van der Waals surface area contributed by atoms with E-state index in [0.717, 1.165) is 25.8 Å². The number of anilines is 1. The molecule has 2 aromatic rings. The van der Waals surface area contributed by atoms with Crippen LogP contribution in [0.2, 0.25) is 0 Å². The highest BCUT2D eigenvalue weighted by Crippen LogP contribution is 2.20. The highest BCUT2D eigenvalue weighted by Gasteiger charge is 2.20. The first kappa shape index (κ1) is 13.6. The molecule has 6 heteroatoms. The third-order valence-electron chi connectivity index (χ3n) is 3.77. The second-order valence-corrected chi connectivity index (χ2v) is 5.23. The molecule has 0 saturated carbocycles. The first-order valence-electron chi connectivity index (χ1n) is 7.28. The smallest absolute Gasteiger partial charge is 0.321 e. The van der Waals surface area contributed by atoms with E-state index >= 15 is 0 Å². The molecule has 1 aliphatic carbocycles. The summed E-state index contributed by atoms with van der Waals surface area (Å²) in [5.41, 5.74) is 2.71. The van der Waals surface area contributed by atoms with Crippen molar-refractivity contribution in [3.8, 4) is 0 Å². The molecule has 0 spiro atoms. The molecule has 2 amide bonds. The largest absolute Gasteiger partial charge is 0.335 e. The van der Waals surface area contributed by atoms with Gasteiger partial charge >= 0.3 is 6.03 Å². The van der Waals surface area contributed by atoms with Gasteiger partial charge in [-0.3, -0.25) is 10.00 Å². The quantitative estimate of drug-likeness (QED) is 0.905. The molecule has 21 heavy (non-hydrogen) atoms. The fourth-order valence-electron chi connectivity index (χ4n) is 2.65. The number of benzene rings is 1. The third-order valence-corrected chi connectivity index (χ3v) is 3.77. The molecule has 1 aromatic carbocycles. The maximum Gasteiger partial charge on any atom is 0.321 e. The predicted molar refractivity (Wildman–Crippen MR) is 80.1 cm³/mol. The summed E-state index contributed by atoms with van der Waals surface area (Å²) in [7, 11) is 0. The maximum absolute atomic E-state index is 12.0. The minimum atomic E-state index is -0.242. The molecule has 0 bridgehead atoms. The second-order valence-electron chi connectivity index (χ2n) is 5.23. The Morgan fingerprint density at radius 3 is 2.95 bits per heavy atom. The molecule has 110 valence electrons. The Hall–Kier alpha value is -2.37. The Kier molecular flexibility index (Phi) is 3.85. The van der Waals surface area contributed by atoms with Crippen molar-refractivity contribution in [2.45, 2.75) is 38.8 Å². The summed E-state index contributed by atoms with van der Waals surface area (Å²) in [4.78, 5) is 16.0. The Labute approximate surface area is 123 Å². The summed E-state index contributed by atoms with van der Waals surface area (Å²) in [5, 5.41) is 9.80. The van der Waals surface area contributed by atoms with Crippen LogP contribution in [0.15, 0.2) is 30.6 Å². The van der Waals surface area contributed by atoms with Gasteiger partial charge in [-0.05, 0) is 37.3 Å². The number of nitrogens with zero attached hydrogens (tertiary/aromatic N) is 3. The fraction of sp³-hybridized carbons (Fsp3) is 0.400. The SMILES string of the molecule is CCn1cnc(NC(=O)NC2CCc3ccccc3C2)n1. The molecule has 0 fully saturated rings. The van der Waals surface area contributed by atoms with E-state index in [0.29, 0.717) is 5.95 Å². The van der Waals surface area contributed by atoms with Crippen LogP contribution in [-0.4, -0.2) is 26.8 Å². The van der Waals surface area contributed by atoms with Gasteiger partial charge in [-0.1, -0.05) is 24.3 Å². The van der Waals surface area contributed by atoms with Gasteiger partial charge in [0.2, 0.25) is 5.95 Å². The van der Waals surface area contributed by atoms with E-state index in [4.69, 9.17) is 0 Å². The van der Waals surface area contributed by atoms with E-state index in [-0.39, 0.29) is 12.1 Å². The molecular formula is C15H19N5O. The molecule has 1 aliphatic rings. The summed E-state index contributed by atoms with van der Waals surface area (Å²) in [6.07, 6.45) is 4.44. The Balaban J connectivity index is 1.56. The van der Waals surface area contributed by atoms with Crippen LogP contribution in [0.25, 0.3) is 0 Å². The van der Waals surface area contributed by atoms with E-state index in [2.05, 4.69) is 38.9 Å². The van der Waals surface area contributed by atoms with Gasteiger partial charge in [0.1, 0.15) is 6.33 Å². The van der Waals surface area contributed by atoms with Gasteiger partial charge in [0, 0.05) is 12.6 Å². The topological polar surface area (TPSA) is 71.8 Å². The highest BCUT2D eigenvalue weighted by atomic mass is 16.2.